The lowest BCUT2D eigenvalue weighted by Crippen LogP contribution is -2.41. The first kappa shape index (κ1) is 15.8. The average Bonchev–Trinajstić information content (AvgIpc) is 2.41. The smallest absolute Gasteiger partial charge is 0.337 e. The van der Waals surface area contributed by atoms with Gasteiger partial charge >= 0.3 is 12.0 Å². The summed E-state index contributed by atoms with van der Waals surface area (Å²) < 4.78 is 0. The maximum absolute atomic E-state index is 12.2. The Labute approximate surface area is 118 Å². The van der Waals surface area contributed by atoms with Gasteiger partial charge in [0.25, 0.3) is 0 Å². The highest BCUT2D eigenvalue weighted by molar-refractivity contribution is 6.00. The van der Waals surface area contributed by atoms with Crippen molar-refractivity contribution in [3.63, 3.8) is 0 Å². The van der Waals surface area contributed by atoms with Crippen LogP contribution in [0, 0.1) is 0 Å². The zero-order valence-corrected chi connectivity index (χ0v) is 11.9. The molecule has 1 unspecified atom stereocenters. The summed E-state index contributed by atoms with van der Waals surface area (Å²) in [7, 11) is 0. The molecule has 1 aromatic rings. The predicted octanol–water partition coefficient (Wildman–Crippen LogP) is 2.74. The third-order valence-corrected chi connectivity index (χ3v) is 3.20. The molecule has 0 spiro atoms. The number of carbonyl (C=O) groups excluding carboxylic acids is 1. The number of benzene rings is 1. The number of urea groups is 1. The lowest BCUT2D eigenvalue weighted by molar-refractivity contribution is 0.0697. The number of hydrogen-bond donors (Lipinski definition) is 3. The third kappa shape index (κ3) is 3.63. The normalized spacial score (nSPS) is 11.8. The Morgan fingerprint density at radius 2 is 2.00 bits per heavy atom. The highest BCUT2D eigenvalue weighted by Crippen LogP contribution is 2.22. The van der Waals surface area contributed by atoms with Gasteiger partial charge in [0.2, 0.25) is 0 Å². The molecule has 0 bridgehead atoms. The number of nitrogens with zero attached hydrogens (tertiary/aromatic N) is 1. The second kappa shape index (κ2) is 6.79. The van der Waals surface area contributed by atoms with Gasteiger partial charge in [0.1, 0.15) is 5.75 Å². The van der Waals surface area contributed by atoms with Gasteiger partial charge in [-0.05, 0) is 38.5 Å². The summed E-state index contributed by atoms with van der Waals surface area (Å²) in [5, 5.41) is 21.0. The van der Waals surface area contributed by atoms with E-state index < -0.39 is 5.97 Å². The summed E-state index contributed by atoms with van der Waals surface area (Å²) in [5.74, 6) is -1.36. The van der Waals surface area contributed by atoms with E-state index in [9.17, 15) is 14.7 Å². The molecular formula is C14H20N2O4. The molecule has 6 nitrogen and oxygen atoms in total. The van der Waals surface area contributed by atoms with Gasteiger partial charge in [-0.1, -0.05) is 6.92 Å². The highest BCUT2D eigenvalue weighted by atomic mass is 16.4. The van der Waals surface area contributed by atoms with Crippen molar-refractivity contribution < 1.29 is 19.8 Å². The van der Waals surface area contributed by atoms with E-state index in [-0.39, 0.29) is 29.1 Å². The van der Waals surface area contributed by atoms with Crippen molar-refractivity contribution in [1.29, 1.82) is 0 Å². The van der Waals surface area contributed by atoms with Crippen LogP contribution in [0.5, 0.6) is 5.75 Å². The molecule has 3 N–H and O–H groups in total. The average molecular weight is 280 g/mol. The van der Waals surface area contributed by atoms with Gasteiger partial charge in [-0.2, -0.15) is 0 Å². The summed E-state index contributed by atoms with van der Waals surface area (Å²) in [4.78, 5) is 24.9. The van der Waals surface area contributed by atoms with E-state index in [0.717, 1.165) is 12.5 Å². The molecule has 110 valence electrons. The summed E-state index contributed by atoms with van der Waals surface area (Å²) >= 11 is 0. The highest BCUT2D eigenvalue weighted by Gasteiger charge is 2.19. The first-order valence-corrected chi connectivity index (χ1v) is 6.54. The fourth-order valence-corrected chi connectivity index (χ4v) is 1.88. The van der Waals surface area contributed by atoms with Gasteiger partial charge in [-0.3, -0.25) is 0 Å². The Morgan fingerprint density at radius 3 is 2.50 bits per heavy atom. The number of nitrogens with one attached hydrogen (secondary N) is 1. The van der Waals surface area contributed by atoms with Crippen molar-refractivity contribution in [3.05, 3.63) is 23.8 Å². The second-order valence-corrected chi connectivity index (χ2v) is 4.51. The van der Waals surface area contributed by atoms with Crippen LogP contribution in [-0.4, -0.2) is 39.7 Å². The molecule has 1 rings (SSSR count). The molecule has 0 heterocycles. The maximum Gasteiger partial charge on any atom is 0.337 e. The molecule has 0 radical (unpaired) electrons. The van der Waals surface area contributed by atoms with Crippen LogP contribution >= 0.6 is 0 Å². The van der Waals surface area contributed by atoms with Crippen molar-refractivity contribution in [2.75, 3.05) is 11.9 Å². The first-order valence-electron chi connectivity index (χ1n) is 6.54. The van der Waals surface area contributed by atoms with Crippen LogP contribution in [0.3, 0.4) is 0 Å². The Bertz CT molecular complexity index is 502. The lowest BCUT2D eigenvalue weighted by atomic mass is 10.1. The minimum atomic E-state index is -1.21. The fourth-order valence-electron chi connectivity index (χ4n) is 1.88. The van der Waals surface area contributed by atoms with Gasteiger partial charge in [-0.25, -0.2) is 9.59 Å². The number of hydrogen-bond acceptors (Lipinski definition) is 3. The molecule has 0 aromatic heterocycles. The van der Waals surface area contributed by atoms with Gasteiger partial charge in [0, 0.05) is 12.6 Å². The van der Waals surface area contributed by atoms with Crippen molar-refractivity contribution >= 4 is 17.7 Å². The topological polar surface area (TPSA) is 89.9 Å². The van der Waals surface area contributed by atoms with Crippen molar-refractivity contribution in [2.24, 2.45) is 0 Å². The Balaban J connectivity index is 2.98. The molecule has 0 fully saturated rings. The number of aromatic hydroxyl groups is 1. The van der Waals surface area contributed by atoms with Gasteiger partial charge in [-0.15, -0.1) is 0 Å². The second-order valence-electron chi connectivity index (χ2n) is 4.51. The van der Waals surface area contributed by atoms with E-state index in [1.807, 2.05) is 20.8 Å². The van der Waals surface area contributed by atoms with E-state index in [1.54, 1.807) is 4.90 Å². The van der Waals surface area contributed by atoms with Crippen LogP contribution in [-0.2, 0) is 0 Å². The molecular weight excluding hydrogens is 260 g/mol. The molecule has 0 aliphatic heterocycles. The summed E-state index contributed by atoms with van der Waals surface area (Å²) in [6, 6.07) is 3.53. The first-order chi connectivity index (χ1) is 9.40. The molecule has 20 heavy (non-hydrogen) atoms. The van der Waals surface area contributed by atoms with Crippen molar-refractivity contribution in [1.82, 2.24) is 4.90 Å². The standard InChI is InChI=1S/C14H20N2O4/c1-4-9(3)16(5-2)14(20)15-12-7-6-10(17)8-11(12)13(18)19/h6-9,17H,4-5H2,1-3H3,(H,15,20)(H,18,19). The van der Waals surface area contributed by atoms with Crippen LogP contribution < -0.4 is 5.32 Å². The van der Waals surface area contributed by atoms with Crippen LogP contribution in [0.2, 0.25) is 0 Å². The fraction of sp³-hybridized carbons (Fsp3) is 0.429. The van der Waals surface area contributed by atoms with Gasteiger partial charge < -0.3 is 20.4 Å². The third-order valence-electron chi connectivity index (χ3n) is 3.20. The maximum atomic E-state index is 12.2. The van der Waals surface area contributed by atoms with Gasteiger partial charge in [0.05, 0.1) is 11.3 Å². The van der Waals surface area contributed by atoms with E-state index in [0.29, 0.717) is 6.54 Å². The number of carboxylic acids is 1. The Kier molecular flexibility index (Phi) is 5.37. The number of phenols is 1. The predicted molar refractivity (Wildman–Crippen MR) is 76.2 cm³/mol. The Hall–Kier alpha value is -2.24. The van der Waals surface area contributed by atoms with E-state index in [2.05, 4.69) is 5.32 Å². The number of aromatic carboxylic acids is 1. The molecule has 1 atom stereocenters. The zero-order valence-electron chi connectivity index (χ0n) is 11.9. The number of rotatable bonds is 5. The number of carboxylic acid groups (broad SMARTS) is 1. The summed E-state index contributed by atoms with van der Waals surface area (Å²) in [6.45, 7) is 6.30. The van der Waals surface area contributed by atoms with Crippen LogP contribution in [0.4, 0.5) is 10.5 Å². The van der Waals surface area contributed by atoms with Crippen LogP contribution in [0.1, 0.15) is 37.6 Å². The summed E-state index contributed by atoms with van der Waals surface area (Å²) in [5.41, 5.74) is 0.0283. The molecule has 2 amide bonds. The largest absolute Gasteiger partial charge is 0.508 e. The molecule has 0 saturated carbocycles. The quantitative estimate of drug-likeness (QED) is 0.723. The van der Waals surface area contributed by atoms with E-state index in [1.165, 1.54) is 12.1 Å². The Morgan fingerprint density at radius 1 is 1.35 bits per heavy atom. The SMILES string of the molecule is CCC(C)N(CC)C(=O)Nc1ccc(O)cc1C(=O)O. The molecule has 0 saturated heterocycles. The minimum Gasteiger partial charge on any atom is -0.508 e. The molecule has 0 aliphatic rings. The van der Waals surface area contributed by atoms with E-state index >= 15 is 0 Å². The number of phenolic OH excluding ortho intramolecular Hbond substituents is 1. The van der Waals surface area contributed by atoms with Crippen LogP contribution in [0.15, 0.2) is 18.2 Å². The van der Waals surface area contributed by atoms with Crippen molar-refractivity contribution in [2.45, 2.75) is 33.2 Å². The molecule has 0 aliphatic carbocycles. The van der Waals surface area contributed by atoms with Crippen LogP contribution in [0.25, 0.3) is 0 Å². The lowest BCUT2D eigenvalue weighted by Gasteiger charge is -2.27. The van der Waals surface area contributed by atoms with Gasteiger partial charge in [0.15, 0.2) is 0 Å². The van der Waals surface area contributed by atoms with Crippen molar-refractivity contribution in [3.8, 4) is 5.75 Å². The number of carbonyl (C=O) groups is 2. The minimum absolute atomic E-state index is 0.0605. The molecule has 6 heteroatoms. The number of anilines is 1. The zero-order chi connectivity index (χ0) is 15.3. The number of amides is 2. The monoisotopic (exact) mass is 280 g/mol. The van der Waals surface area contributed by atoms with E-state index in [4.69, 9.17) is 5.11 Å². The molecule has 1 aromatic carbocycles. The summed E-state index contributed by atoms with van der Waals surface area (Å²) in [6.07, 6.45) is 0.808.